The Labute approximate surface area is 123 Å². The van der Waals surface area contributed by atoms with E-state index in [1.165, 1.54) is 12.1 Å². The first kappa shape index (κ1) is 15.0. The number of hydrogen-bond acceptors (Lipinski definition) is 2. The molecular formula is C17H17FO3. The van der Waals surface area contributed by atoms with E-state index in [1.807, 2.05) is 19.1 Å². The molecule has 0 fully saturated rings. The molecule has 0 saturated heterocycles. The molecule has 1 atom stereocenters. The predicted octanol–water partition coefficient (Wildman–Crippen LogP) is 3.64. The van der Waals surface area contributed by atoms with Gasteiger partial charge in [-0.25, -0.2) is 4.39 Å². The molecule has 0 radical (unpaired) electrons. The zero-order valence-corrected chi connectivity index (χ0v) is 11.8. The Hall–Kier alpha value is -2.36. The third-order valence-corrected chi connectivity index (χ3v) is 3.23. The molecule has 0 aliphatic carbocycles. The summed E-state index contributed by atoms with van der Waals surface area (Å²) < 4.78 is 19.2. The van der Waals surface area contributed by atoms with Gasteiger partial charge in [-0.3, -0.25) is 4.79 Å². The molecule has 0 saturated carbocycles. The highest BCUT2D eigenvalue weighted by Crippen LogP contribution is 2.25. The SMILES string of the molecule is CCOc1cccc(CC(C(=O)O)c2ccccc2F)c1. The smallest absolute Gasteiger partial charge is 0.311 e. The second kappa shape index (κ2) is 6.88. The minimum absolute atomic E-state index is 0.201. The zero-order chi connectivity index (χ0) is 15.2. The number of rotatable bonds is 6. The number of carboxylic acids is 1. The Morgan fingerprint density at radius 3 is 2.67 bits per heavy atom. The summed E-state index contributed by atoms with van der Waals surface area (Å²) in [4.78, 5) is 11.5. The van der Waals surface area contributed by atoms with Gasteiger partial charge < -0.3 is 9.84 Å². The van der Waals surface area contributed by atoms with E-state index in [0.29, 0.717) is 12.4 Å². The summed E-state index contributed by atoms with van der Waals surface area (Å²) >= 11 is 0. The quantitative estimate of drug-likeness (QED) is 0.882. The number of carboxylic acid groups (broad SMARTS) is 1. The maximum Gasteiger partial charge on any atom is 0.311 e. The van der Waals surface area contributed by atoms with Crippen molar-refractivity contribution in [1.29, 1.82) is 0 Å². The van der Waals surface area contributed by atoms with Crippen molar-refractivity contribution in [2.24, 2.45) is 0 Å². The monoisotopic (exact) mass is 288 g/mol. The van der Waals surface area contributed by atoms with Crippen molar-refractivity contribution < 1.29 is 19.0 Å². The largest absolute Gasteiger partial charge is 0.494 e. The summed E-state index contributed by atoms with van der Waals surface area (Å²) in [6, 6.07) is 13.2. The summed E-state index contributed by atoms with van der Waals surface area (Å²) in [6.07, 6.45) is 0.219. The highest BCUT2D eigenvalue weighted by Gasteiger charge is 2.23. The lowest BCUT2D eigenvalue weighted by molar-refractivity contribution is -0.138. The van der Waals surface area contributed by atoms with Crippen LogP contribution in [0, 0.1) is 5.82 Å². The van der Waals surface area contributed by atoms with E-state index in [-0.39, 0.29) is 12.0 Å². The number of carbonyl (C=O) groups is 1. The van der Waals surface area contributed by atoms with Gasteiger partial charge in [0.15, 0.2) is 0 Å². The fourth-order valence-corrected chi connectivity index (χ4v) is 2.25. The molecule has 0 aromatic heterocycles. The predicted molar refractivity (Wildman–Crippen MR) is 78.1 cm³/mol. The maximum absolute atomic E-state index is 13.8. The minimum atomic E-state index is -1.04. The molecule has 3 nitrogen and oxygen atoms in total. The molecule has 1 unspecified atom stereocenters. The molecule has 0 spiro atoms. The van der Waals surface area contributed by atoms with Crippen molar-refractivity contribution in [3.8, 4) is 5.75 Å². The van der Waals surface area contributed by atoms with Gasteiger partial charge in [-0.1, -0.05) is 30.3 Å². The molecular weight excluding hydrogens is 271 g/mol. The van der Waals surface area contributed by atoms with Crippen LogP contribution in [0.3, 0.4) is 0 Å². The molecule has 110 valence electrons. The fourth-order valence-electron chi connectivity index (χ4n) is 2.25. The summed E-state index contributed by atoms with van der Waals surface area (Å²) in [7, 11) is 0. The lowest BCUT2D eigenvalue weighted by Gasteiger charge is -2.14. The van der Waals surface area contributed by atoms with Gasteiger partial charge in [-0.2, -0.15) is 0 Å². The molecule has 2 rings (SSSR count). The lowest BCUT2D eigenvalue weighted by Crippen LogP contribution is -2.16. The van der Waals surface area contributed by atoms with E-state index >= 15 is 0 Å². The summed E-state index contributed by atoms with van der Waals surface area (Å²) in [5.41, 5.74) is 1.00. The first-order valence-electron chi connectivity index (χ1n) is 6.80. The first-order valence-corrected chi connectivity index (χ1v) is 6.80. The normalized spacial score (nSPS) is 11.9. The molecule has 1 N–H and O–H groups in total. The summed E-state index contributed by atoms with van der Waals surface area (Å²) in [6.45, 7) is 2.42. The van der Waals surface area contributed by atoms with Crippen molar-refractivity contribution in [3.63, 3.8) is 0 Å². The van der Waals surface area contributed by atoms with E-state index in [1.54, 1.807) is 24.3 Å². The number of halogens is 1. The Morgan fingerprint density at radius 2 is 2.00 bits per heavy atom. The molecule has 0 amide bonds. The second-order valence-electron chi connectivity index (χ2n) is 4.70. The average Bonchev–Trinajstić information content (AvgIpc) is 2.46. The molecule has 0 aliphatic rings. The van der Waals surface area contributed by atoms with Crippen molar-refractivity contribution in [3.05, 3.63) is 65.5 Å². The second-order valence-corrected chi connectivity index (χ2v) is 4.70. The van der Waals surface area contributed by atoms with Crippen molar-refractivity contribution in [1.82, 2.24) is 0 Å². The molecule has 2 aromatic rings. The van der Waals surface area contributed by atoms with Gasteiger partial charge in [0.2, 0.25) is 0 Å². The topological polar surface area (TPSA) is 46.5 Å². The van der Waals surface area contributed by atoms with Crippen LogP contribution in [0.15, 0.2) is 48.5 Å². The molecule has 0 heterocycles. The van der Waals surface area contributed by atoms with Crippen LogP contribution in [-0.4, -0.2) is 17.7 Å². The van der Waals surface area contributed by atoms with Gasteiger partial charge in [0.25, 0.3) is 0 Å². The van der Waals surface area contributed by atoms with E-state index in [4.69, 9.17) is 4.74 Å². The Kier molecular flexibility index (Phi) is 4.93. The van der Waals surface area contributed by atoms with Gasteiger partial charge in [0.1, 0.15) is 11.6 Å². The van der Waals surface area contributed by atoms with Crippen molar-refractivity contribution in [2.45, 2.75) is 19.3 Å². The van der Waals surface area contributed by atoms with Crippen LogP contribution in [0.25, 0.3) is 0 Å². The van der Waals surface area contributed by atoms with Gasteiger partial charge >= 0.3 is 5.97 Å². The van der Waals surface area contributed by atoms with Gasteiger partial charge in [-0.15, -0.1) is 0 Å². The highest BCUT2D eigenvalue weighted by molar-refractivity contribution is 5.76. The van der Waals surface area contributed by atoms with Crippen LogP contribution >= 0.6 is 0 Å². The van der Waals surface area contributed by atoms with Crippen LogP contribution in [-0.2, 0) is 11.2 Å². The van der Waals surface area contributed by atoms with E-state index < -0.39 is 17.7 Å². The third-order valence-electron chi connectivity index (χ3n) is 3.23. The van der Waals surface area contributed by atoms with Gasteiger partial charge in [-0.05, 0) is 37.1 Å². The highest BCUT2D eigenvalue weighted by atomic mass is 19.1. The lowest BCUT2D eigenvalue weighted by atomic mass is 9.91. The van der Waals surface area contributed by atoms with Crippen molar-refractivity contribution in [2.75, 3.05) is 6.61 Å². The molecule has 2 aromatic carbocycles. The average molecular weight is 288 g/mol. The molecule has 0 bridgehead atoms. The van der Waals surface area contributed by atoms with Crippen LogP contribution in [0.1, 0.15) is 24.0 Å². The third kappa shape index (κ3) is 3.81. The van der Waals surface area contributed by atoms with Crippen LogP contribution in [0.5, 0.6) is 5.75 Å². The van der Waals surface area contributed by atoms with Crippen LogP contribution in [0.4, 0.5) is 4.39 Å². The van der Waals surface area contributed by atoms with Crippen LogP contribution in [0.2, 0.25) is 0 Å². The maximum atomic E-state index is 13.8. The van der Waals surface area contributed by atoms with Crippen molar-refractivity contribution >= 4 is 5.97 Å². The number of aliphatic carboxylic acids is 1. The summed E-state index contributed by atoms with van der Waals surface area (Å²) in [5.74, 6) is -1.76. The fraction of sp³-hybridized carbons (Fsp3) is 0.235. The minimum Gasteiger partial charge on any atom is -0.494 e. The Morgan fingerprint density at radius 1 is 1.24 bits per heavy atom. The first-order chi connectivity index (χ1) is 10.1. The Bertz CT molecular complexity index is 625. The standard InChI is InChI=1S/C17H17FO3/c1-2-21-13-7-5-6-12(10-13)11-15(17(19)20)14-8-3-4-9-16(14)18/h3-10,15H,2,11H2,1H3,(H,19,20). The molecule has 21 heavy (non-hydrogen) atoms. The summed E-state index contributed by atoms with van der Waals surface area (Å²) in [5, 5.41) is 9.39. The number of hydrogen-bond donors (Lipinski definition) is 1. The van der Waals surface area contributed by atoms with Gasteiger partial charge in [0, 0.05) is 5.56 Å². The number of benzene rings is 2. The van der Waals surface area contributed by atoms with E-state index in [2.05, 4.69) is 0 Å². The Balaban J connectivity index is 2.27. The molecule has 4 heteroatoms. The van der Waals surface area contributed by atoms with E-state index in [9.17, 15) is 14.3 Å². The van der Waals surface area contributed by atoms with Gasteiger partial charge in [0.05, 0.1) is 12.5 Å². The van der Waals surface area contributed by atoms with Crippen LogP contribution < -0.4 is 4.74 Å². The van der Waals surface area contributed by atoms with E-state index in [0.717, 1.165) is 5.56 Å². The number of ether oxygens (including phenoxy) is 1. The molecule has 0 aliphatic heterocycles. The zero-order valence-electron chi connectivity index (χ0n) is 11.8.